The zero-order chi connectivity index (χ0) is 11.9. The molecule has 1 aliphatic carbocycles. The van der Waals surface area contributed by atoms with Crippen LogP contribution in [0.4, 0.5) is 0 Å². The summed E-state index contributed by atoms with van der Waals surface area (Å²) in [4.78, 5) is 0. The lowest BCUT2D eigenvalue weighted by Gasteiger charge is -2.34. The van der Waals surface area contributed by atoms with Crippen molar-refractivity contribution < 1.29 is 5.11 Å². The van der Waals surface area contributed by atoms with Gasteiger partial charge < -0.3 is 10.8 Å². The maximum Gasteiger partial charge on any atom is 0.129 e. The Hall–Kier alpha value is -1.06. The van der Waals surface area contributed by atoms with Crippen LogP contribution in [0, 0.1) is 0 Å². The van der Waals surface area contributed by atoms with E-state index in [0.29, 0.717) is 5.75 Å². The van der Waals surface area contributed by atoms with Gasteiger partial charge in [0.2, 0.25) is 0 Å². The Morgan fingerprint density at radius 1 is 1.12 bits per heavy atom. The predicted octanol–water partition coefficient (Wildman–Crippen LogP) is 3.73. The minimum absolute atomic E-state index is 0.321. The van der Waals surface area contributed by atoms with E-state index in [2.05, 4.69) is 6.07 Å². The molecule has 3 heteroatoms. The zero-order valence-corrected chi connectivity index (χ0v) is 10.6. The van der Waals surface area contributed by atoms with E-state index >= 15 is 0 Å². The monoisotopic (exact) mass is 247 g/mol. The SMILES string of the molecule is NC1(c2ccc3sccc3c2O)CCCCC1. The smallest absolute Gasteiger partial charge is 0.129 e. The summed E-state index contributed by atoms with van der Waals surface area (Å²) >= 11 is 1.65. The molecule has 90 valence electrons. The fraction of sp³-hybridized carbons (Fsp3) is 0.429. The molecule has 0 amide bonds. The standard InChI is InChI=1S/C14H17NOS/c15-14(7-2-1-3-8-14)11-4-5-12-10(13(11)16)6-9-17-12/h4-6,9,16H,1-3,7-8,15H2. The number of aromatic hydroxyl groups is 1. The highest BCUT2D eigenvalue weighted by Crippen LogP contribution is 2.42. The van der Waals surface area contributed by atoms with E-state index in [4.69, 9.17) is 5.73 Å². The second kappa shape index (κ2) is 4.00. The highest BCUT2D eigenvalue weighted by atomic mass is 32.1. The van der Waals surface area contributed by atoms with Crippen LogP contribution in [-0.2, 0) is 5.54 Å². The molecule has 0 saturated heterocycles. The lowest BCUT2D eigenvalue weighted by Crippen LogP contribution is -2.38. The lowest BCUT2D eigenvalue weighted by atomic mass is 9.77. The minimum atomic E-state index is -0.321. The van der Waals surface area contributed by atoms with Gasteiger partial charge in [-0.3, -0.25) is 0 Å². The molecule has 0 aliphatic heterocycles. The summed E-state index contributed by atoms with van der Waals surface area (Å²) in [6, 6.07) is 6.07. The van der Waals surface area contributed by atoms with Gasteiger partial charge in [0.1, 0.15) is 5.75 Å². The number of hydrogen-bond acceptors (Lipinski definition) is 3. The maximum atomic E-state index is 10.4. The molecule has 0 radical (unpaired) electrons. The van der Waals surface area contributed by atoms with Gasteiger partial charge in [-0.15, -0.1) is 11.3 Å². The Morgan fingerprint density at radius 2 is 1.88 bits per heavy atom. The maximum absolute atomic E-state index is 10.4. The Labute approximate surface area is 105 Å². The van der Waals surface area contributed by atoms with Crippen molar-refractivity contribution in [3.63, 3.8) is 0 Å². The van der Waals surface area contributed by atoms with Gasteiger partial charge in [-0.2, -0.15) is 0 Å². The molecule has 1 aromatic carbocycles. The number of hydrogen-bond donors (Lipinski definition) is 2. The van der Waals surface area contributed by atoms with Crippen molar-refractivity contribution in [2.45, 2.75) is 37.6 Å². The van der Waals surface area contributed by atoms with Gasteiger partial charge in [0.25, 0.3) is 0 Å². The molecule has 2 aromatic rings. The molecule has 1 heterocycles. The first-order chi connectivity index (χ1) is 8.21. The van der Waals surface area contributed by atoms with Crippen molar-refractivity contribution >= 4 is 21.4 Å². The second-order valence-corrected chi connectivity index (χ2v) is 5.96. The van der Waals surface area contributed by atoms with Crippen LogP contribution in [0.15, 0.2) is 23.6 Å². The predicted molar refractivity (Wildman–Crippen MR) is 72.4 cm³/mol. The van der Waals surface area contributed by atoms with E-state index in [1.807, 2.05) is 17.5 Å². The quantitative estimate of drug-likeness (QED) is 0.806. The molecule has 1 aromatic heterocycles. The fourth-order valence-electron chi connectivity index (χ4n) is 2.88. The Bertz CT molecular complexity index is 540. The van der Waals surface area contributed by atoms with Crippen LogP contribution in [-0.4, -0.2) is 5.11 Å². The van der Waals surface area contributed by atoms with Crippen LogP contribution >= 0.6 is 11.3 Å². The molecule has 1 saturated carbocycles. The summed E-state index contributed by atoms with van der Waals surface area (Å²) < 4.78 is 1.13. The molecule has 0 unspecified atom stereocenters. The average Bonchev–Trinajstić information content (AvgIpc) is 2.79. The second-order valence-electron chi connectivity index (χ2n) is 5.01. The highest BCUT2D eigenvalue weighted by Gasteiger charge is 2.32. The summed E-state index contributed by atoms with van der Waals surface area (Å²) in [5.41, 5.74) is 7.10. The van der Waals surface area contributed by atoms with Crippen molar-refractivity contribution in [2.24, 2.45) is 5.73 Å². The third-order valence-corrected chi connectivity index (χ3v) is 4.77. The van der Waals surface area contributed by atoms with Crippen LogP contribution in [0.25, 0.3) is 10.1 Å². The van der Waals surface area contributed by atoms with E-state index in [-0.39, 0.29) is 5.54 Å². The first-order valence-corrected chi connectivity index (χ1v) is 7.07. The van der Waals surface area contributed by atoms with Crippen molar-refractivity contribution in [2.75, 3.05) is 0 Å². The molecule has 1 aliphatic rings. The largest absolute Gasteiger partial charge is 0.507 e. The van der Waals surface area contributed by atoms with E-state index < -0.39 is 0 Å². The van der Waals surface area contributed by atoms with E-state index in [9.17, 15) is 5.11 Å². The Kier molecular flexibility index (Phi) is 2.60. The number of phenolic OH excluding ortho intramolecular Hbond substituents is 1. The lowest BCUT2D eigenvalue weighted by molar-refractivity contribution is 0.293. The summed E-state index contributed by atoms with van der Waals surface area (Å²) in [7, 11) is 0. The van der Waals surface area contributed by atoms with Crippen LogP contribution in [0.3, 0.4) is 0 Å². The van der Waals surface area contributed by atoms with Gasteiger partial charge in [0, 0.05) is 21.2 Å². The highest BCUT2D eigenvalue weighted by molar-refractivity contribution is 7.17. The van der Waals surface area contributed by atoms with Crippen LogP contribution < -0.4 is 5.73 Å². The van der Waals surface area contributed by atoms with Crippen molar-refractivity contribution in [1.82, 2.24) is 0 Å². The summed E-state index contributed by atoms with van der Waals surface area (Å²) in [5, 5.41) is 13.3. The number of thiophene rings is 1. The fourth-order valence-corrected chi connectivity index (χ4v) is 3.67. The van der Waals surface area contributed by atoms with E-state index in [1.54, 1.807) is 11.3 Å². The first-order valence-electron chi connectivity index (χ1n) is 6.19. The molecule has 3 rings (SSSR count). The number of rotatable bonds is 1. The molecular formula is C14H17NOS. The third-order valence-electron chi connectivity index (χ3n) is 3.89. The summed E-state index contributed by atoms with van der Waals surface area (Å²) in [5.74, 6) is 0.396. The van der Waals surface area contributed by atoms with Crippen molar-refractivity contribution in [3.8, 4) is 5.75 Å². The molecule has 0 bridgehead atoms. The van der Waals surface area contributed by atoms with E-state index in [0.717, 1.165) is 41.3 Å². The van der Waals surface area contributed by atoms with Gasteiger partial charge in [-0.05, 0) is 30.4 Å². The minimum Gasteiger partial charge on any atom is -0.507 e. The molecule has 3 N–H and O–H groups in total. The van der Waals surface area contributed by atoms with Gasteiger partial charge in [0.15, 0.2) is 0 Å². The molecule has 2 nitrogen and oxygen atoms in total. The summed E-state index contributed by atoms with van der Waals surface area (Å²) in [6.45, 7) is 0. The zero-order valence-electron chi connectivity index (χ0n) is 9.78. The number of fused-ring (bicyclic) bond motifs is 1. The number of benzene rings is 1. The first kappa shape index (κ1) is 11.1. The van der Waals surface area contributed by atoms with Gasteiger partial charge in [-0.1, -0.05) is 25.3 Å². The van der Waals surface area contributed by atoms with Crippen LogP contribution in [0.5, 0.6) is 5.75 Å². The van der Waals surface area contributed by atoms with Gasteiger partial charge in [-0.25, -0.2) is 0 Å². The average molecular weight is 247 g/mol. The van der Waals surface area contributed by atoms with Crippen molar-refractivity contribution in [1.29, 1.82) is 0 Å². The van der Waals surface area contributed by atoms with Crippen LogP contribution in [0.2, 0.25) is 0 Å². The molecule has 0 spiro atoms. The number of phenols is 1. The molecular weight excluding hydrogens is 230 g/mol. The van der Waals surface area contributed by atoms with Gasteiger partial charge >= 0.3 is 0 Å². The van der Waals surface area contributed by atoms with Crippen molar-refractivity contribution in [3.05, 3.63) is 29.1 Å². The van der Waals surface area contributed by atoms with Crippen LogP contribution in [0.1, 0.15) is 37.7 Å². The van der Waals surface area contributed by atoms with E-state index in [1.165, 1.54) is 6.42 Å². The topological polar surface area (TPSA) is 46.2 Å². The molecule has 0 atom stereocenters. The normalized spacial score (nSPS) is 19.6. The molecule has 17 heavy (non-hydrogen) atoms. The summed E-state index contributed by atoms with van der Waals surface area (Å²) in [6.07, 6.45) is 5.56. The third kappa shape index (κ3) is 1.74. The molecule has 1 fully saturated rings. The Morgan fingerprint density at radius 3 is 2.65 bits per heavy atom. The number of nitrogens with two attached hydrogens (primary N) is 1. The Balaban J connectivity index is 2.12. The van der Waals surface area contributed by atoms with Gasteiger partial charge in [0.05, 0.1) is 0 Å².